The number of benzene rings is 2. The second-order valence-electron chi connectivity index (χ2n) is 5.40. The Kier molecular flexibility index (Phi) is 4.76. The SMILES string of the molecule is Cc1ccccc1-c1ccccc1CN(C)C(C)C(=O)O. The van der Waals surface area contributed by atoms with E-state index in [4.69, 9.17) is 5.11 Å². The fourth-order valence-electron chi connectivity index (χ4n) is 2.39. The van der Waals surface area contributed by atoms with E-state index in [0.29, 0.717) is 6.54 Å². The molecular formula is C18H21NO2. The molecule has 3 heteroatoms. The van der Waals surface area contributed by atoms with E-state index in [1.165, 1.54) is 16.7 Å². The molecule has 0 radical (unpaired) electrons. The van der Waals surface area contributed by atoms with Gasteiger partial charge in [0.05, 0.1) is 0 Å². The van der Waals surface area contributed by atoms with E-state index in [1.807, 2.05) is 36.2 Å². The number of aliphatic carboxylic acids is 1. The Bertz CT molecular complexity index is 637. The highest BCUT2D eigenvalue weighted by Crippen LogP contribution is 2.27. The van der Waals surface area contributed by atoms with Crippen molar-refractivity contribution in [2.75, 3.05) is 7.05 Å². The highest BCUT2D eigenvalue weighted by molar-refractivity contribution is 5.73. The molecule has 0 aromatic heterocycles. The molecule has 1 atom stereocenters. The van der Waals surface area contributed by atoms with Gasteiger partial charge in [0.1, 0.15) is 6.04 Å². The van der Waals surface area contributed by atoms with Gasteiger partial charge in [-0.15, -0.1) is 0 Å². The lowest BCUT2D eigenvalue weighted by Gasteiger charge is -2.23. The molecule has 0 aliphatic rings. The quantitative estimate of drug-likeness (QED) is 0.912. The molecule has 0 aliphatic carbocycles. The normalized spacial score (nSPS) is 12.4. The van der Waals surface area contributed by atoms with Crippen molar-refractivity contribution < 1.29 is 9.90 Å². The number of hydrogen-bond acceptors (Lipinski definition) is 2. The summed E-state index contributed by atoms with van der Waals surface area (Å²) in [4.78, 5) is 12.9. The van der Waals surface area contributed by atoms with Crippen LogP contribution in [0.25, 0.3) is 11.1 Å². The van der Waals surface area contributed by atoms with Gasteiger partial charge in [0, 0.05) is 6.54 Å². The van der Waals surface area contributed by atoms with Crippen molar-refractivity contribution in [1.82, 2.24) is 4.90 Å². The molecule has 21 heavy (non-hydrogen) atoms. The zero-order valence-electron chi connectivity index (χ0n) is 12.7. The van der Waals surface area contributed by atoms with Crippen LogP contribution in [0, 0.1) is 6.92 Å². The first-order valence-corrected chi connectivity index (χ1v) is 7.07. The molecule has 0 amide bonds. The van der Waals surface area contributed by atoms with E-state index in [9.17, 15) is 4.79 Å². The number of carboxylic acids is 1. The number of rotatable bonds is 5. The Morgan fingerprint density at radius 2 is 1.67 bits per heavy atom. The van der Waals surface area contributed by atoms with Gasteiger partial charge in [-0.3, -0.25) is 9.69 Å². The van der Waals surface area contributed by atoms with Crippen LogP contribution in [-0.4, -0.2) is 29.1 Å². The van der Waals surface area contributed by atoms with Crippen molar-refractivity contribution in [3.05, 3.63) is 59.7 Å². The van der Waals surface area contributed by atoms with Gasteiger partial charge in [0.15, 0.2) is 0 Å². The fraction of sp³-hybridized carbons (Fsp3) is 0.278. The lowest BCUT2D eigenvalue weighted by molar-refractivity contribution is -0.142. The largest absolute Gasteiger partial charge is 0.480 e. The van der Waals surface area contributed by atoms with Crippen LogP contribution >= 0.6 is 0 Å². The van der Waals surface area contributed by atoms with Crippen LogP contribution < -0.4 is 0 Å². The zero-order chi connectivity index (χ0) is 15.4. The maximum atomic E-state index is 11.1. The van der Waals surface area contributed by atoms with Crippen molar-refractivity contribution in [2.24, 2.45) is 0 Å². The fourth-order valence-corrected chi connectivity index (χ4v) is 2.39. The minimum atomic E-state index is -0.800. The first-order valence-electron chi connectivity index (χ1n) is 7.07. The van der Waals surface area contributed by atoms with Crippen LogP contribution in [-0.2, 0) is 11.3 Å². The predicted octanol–water partition coefficient (Wildman–Crippen LogP) is 3.57. The van der Waals surface area contributed by atoms with Crippen LogP contribution in [0.4, 0.5) is 0 Å². The number of hydrogen-bond donors (Lipinski definition) is 1. The van der Waals surface area contributed by atoms with Crippen LogP contribution in [0.2, 0.25) is 0 Å². The molecule has 2 aromatic rings. The number of carbonyl (C=O) groups is 1. The number of nitrogens with zero attached hydrogens (tertiary/aromatic N) is 1. The van der Waals surface area contributed by atoms with Gasteiger partial charge in [-0.1, -0.05) is 48.5 Å². The molecule has 0 saturated heterocycles. The Morgan fingerprint density at radius 3 is 2.29 bits per heavy atom. The molecule has 2 aromatic carbocycles. The number of aryl methyl sites for hydroxylation is 1. The predicted molar refractivity (Wildman–Crippen MR) is 85.2 cm³/mol. The molecule has 1 unspecified atom stereocenters. The van der Waals surface area contributed by atoms with Crippen LogP contribution in [0.15, 0.2) is 48.5 Å². The maximum absolute atomic E-state index is 11.1. The first-order chi connectivity index (χ1) is 10.0. The second-order valence-corrected chi connectivity index (χ2v) is 5.40. The standard InChI is InChI=1S/C18H21NO2/c1-13-8-4-6-10-16(13)17-11-7-5-9-15(17)12-19(3)14(2)18(20)21/h4-11,14H,12H2,1-3H3,(H,20,21). The molecule has 1 N–H and O–H groups in total. The van der Waals surface area contributed by atoms with Crippen LogP contribution in [0.3, 0.4) is 0 Å². The second kappa shape index (κ2) is 6.55. The molecule has 0 heterocycles. The third-order valence-corrected chi connectivity index (χ3v) is 3.89. The molecule has 3 nitrogen and oxygen atoms in total. The van der Waals surface area contributed by atoms with E-state index in [0.717, 1.165) is 5.56 Å². The Balaban J connectivity index is 2.34. The van der Waals surface area contributed by atoms with Gasteiger partial charge in [-0.2, -0.15) is 0 Å². The van der Waals surface area contributed by atoms with Gasteiger partial charge in [0.25, 0.3) is 0 Å². The minimum Gasteiger partial charge on any atom is -0.480 e. The van der Waals surface area contributed by atoms with E-state index < -0.39 is 12.0 Å². The Morgan fingerprint density at radius 1 is 1.10 bits per heavy atom. The molecule has 0 fully saturated rings. The topological polar surface area (TPSA) is 40.5 Å². The summed E-state index contributed by atoms with van der Waals surface area (Å²) in [7, 11) is 1.84. The monoisotopic (exact) mass is 283 g/mol. The molecule has 110 valence electrons. The van der Waals surface area contributed by atoms with Gasteiger partial charge >= 0.3 is 5.97 Å². The van der Waals surface area contributed by atoms with E-state index in [1.54, 1.807) is 6.92 Å². The lowest BCUT2D eigenvalue weighted by atomic mass is 9.95. The van der Waals surface area contributed by atoms with Crippen molar-refractivity contribution >= 4 is 5.97 Å². The summed E-state index contributed by atoms with van der Waals surface area (Å²) in [6, 6.07) is 15.9. The lowest BCUT2D eigenvalue weighted by Crippen LogP contribution is -2.35. The Labute approximate surface area is 125 Å². The zero-order valence-corrected chi connectivity index (χ0v) is 12.7. The van der Waals surface area contributed by atoms with Crippen molar-refractivity contribution in [3.63, 3.8) is 0 Å². The molecule has 2 rings (SSSR count). The van der Waals surface area contributed by atoms with Crippen molar-refractivity contribution in [2.45, 2.75) is 26.4 Å². The Hall–Kier alpha value is -2.13. The molecule has 0 bridgehead atoms. The summed E-state index contributed by atoms with van der Waals surface area (Å²) in [6.07, 6.45) is 0. The van der Waals surface area contributed by atoms with Gasteiger partial charge in [-0.05, 0) is 43.1 Å². The van der Waals surface area contributed by atoms with Crippen molar-refractivity contribution in [3.8, 4) is 11.1 Å². The smallest absolute Gasteiger partial charge is 0.320 e. The third-order valence-electron chi connectivity index (χ3n) is 3.89. The molecular weight excluding hydrogens is 262 g/mol. The van der Waals surface area contributed by atoms with E-state index in [-0.39, 0.29) is 0 Å². The number of likely N-dealkylation sites (N-methyl/N-ethyl adjacent to an activating group) is 1. The maximum Gasteiger partial charge on any atom is 0.320 e. The third kappa shape index (κ3) is 3.50. The average Bonchev–Trinajstić information content (AvgIpc) is 2.47. The average molecular weight is 283 g/mol. The van der Waals surface area contributed by atoms with E-state index in [2.05, 4.69) is 31.2 Å². The molecule has 0 aliphatic heterocycles. The van der Waals surface area contributed by atoms with Crippen molar-refractivity contribution in [1.29, 1.82) is 0 Å². The summed E-state index contributed by atoms with van der Waals surface area (Å²) in [5, 5.41) is 9.12. The molecule has 0 saturated carbocycles. The summed E-state index contributed by atoms with van der Waals surface area (Å²) in [5.74, 6) is -0.800. The van der Waals surface area contributed by atoms with Gasteiger partial charge < -0.3 is 5.11 Å². The minimum absolute atomic E-state index is 0.505. The summed E-state index contributed by atoms with van der Waals surface area (Å²) in [6.45, 7) is 4.41. The summed E-state index contributed by atoms with van der Waals surface area (Å²) < 4.78 is 0. The summed E-state index contributed by atoms with van der Waals surface area (Å²) in [5.41, 5.74) is 4.73. The highest BCUT2D eigenvalue weighted by Gasteiger charge is 2.18. The molecule has 0 spiro atoms. The van der Waals surface area contributed by atoms with Crippen LogP contribution in [0.5, 0.6) is 0 Å². The van der Waals surface area contributed by atoms with Crippen LogP contribution in [0.1, 0.15) is 18.1 Å². The number of carboxylic acid groups (broad SMARTS) is 1. The van der Waals surface area contributed by atoms with E-state index >= 15 is 0 Å². The highest BCUT2D eigenvalue weighted by atomic mass is 16.4. The first kappa shape index (κ1) is 15.3. The van der Waals surface area contributed by atoms with Gasteiger partial charge in [0.2, 0.25) is 0 Å². The summed E-state index contributed by atoms with van der Waals surface area (Å²) >= 11 is 0. The van der Waals surface area contributed by atoms with Gasteiger partial charge in [-0.25, -0.2) is 0 Å².